The molecule has 4 aliphatic rings. The molecule has 9 rings (SSSR count). The van der Waals surface area contributed by atoms with Crippen molar-refractivity contribution < 1.29 is 23.4 Å². The molecule has 63 heavy (non-hydrogen) atoms. The van der Waals surface area contributed by atoms with Crippen LogP contribution in [0.3, 0.4) is 0 Å². The van der Waals surface area contributed by atoms with Gasteiger partial charge in [0.05, 0.1) is 18.5 Å². The molecule has 1 aliphatic carbocycles. The molecular formula is C48H59FN10O4. The van der Waals surface area contributed by atoms with E-state index in [1.165, 1.54) is 6.07 Å². The standard InChI is InChI=1S/C48H59FN10O4/c1-27(2)44(47(60)57-18-8-9-28(57)3)59-24-40(55-56-59)33-12-10-31(11-13-33)26-62-45-42(41-30(5)39(49)17-16-34(41)21-52-50-6)37(32-14-15-32)20-38-43(45)53-48(63-25-29(4)61-7)54-46(38)58-23-35-19-36(58)22-51-35/h10-13,16-17,20-21,24,27-29,32,35-36,44,50-51H,8-9,14-15,18-19,22-23,25-26H2,1-7H3/b52-21-/t28?,29-,35?,36?,44?/m0/s1. The van der Waals surface area contributed by atoms with E-state index in [-0.39, 0.29) is 61.0 Å². The van der Waals surface area contributed by atoms with Crippen LogP contribution in [0.4, 0.5) is 10.2 Å². The van der Waals surface area contributed by atoms with Crippen LogP contribution in [-0.4, -0.2) is 107 Å². The minimum Gasteiger partial charge on any atom is -0.486 e. The van der Waals surface area contributed by atoms with Crippen molar-refractivity contribution in [2.75, 3.05) is 45.3 Å². The lowest BCUT2D eigenvalue weighted by atomic mass is 9.88. The van der Waals surface area contributed by atoms with E-state index >= 15 is 4.39 Å². The van der Waals surface area contributed by atoms with Gasteiger partial charge in [-0.25, -0.2) is 9.07 Å². The van der Waals surface area contributed by atoms with Gasteiger partial charge in [-0.15, -0.1) is 5.10 Å². The van der Waals surface area contributed by atoms with E-state index in [2.05, 4.69) is 57.9 Å². The number of halogens is 1. The molecule has 14 nitrogen and oxygen atoms in total. The Labute approximate surface area is 368 Å². The molecule has 5 atom stereocenters. The molecule has 4 unspecified atom stereocenters. The topological polar surface area (TPSA) is 144 Å². The van der Waals surface area contributed by atoms with E-state index in [4.69, 9.17) is 24.2 Å². The zero-order valence-electron chi connectivity index (χ0n) is 37.4. The van der Waals surface area contributed by atoms with Gasteiger partial charge in [0.25, 0.3) is 0 Å². The lowest BCUT2D eigenvalue weighted by molar-refractivity contribution is -0.137. The Morgan fingerprint density at radius 1 is 1.08 bits per heavy atom. The number of piperazine rings is 1. The van der Waals surface area contributed by atoms with Crippen LogP contribution in [0.5, 0.6) is 11.8 Å². The summed E-state index contributed by atoms with van der Waals surface area (Å²) in [6.07, 6.45) is 8.51. The molecule has 4 fully saturated rings. The molecule has 2 bridgehead atoms. The molecule has 15 heteroatoms. The molecule has 0 radical (unpaired) electrons. The third-order valence-corrected chi connectivity index (χ3v) is 13.3. The number of carbonyl (C=O) groups is 1. The molecular weight excluding hydrogens is 800 g/mol. The maximum Gasteiger partial charge on any atom is 0.319 e. The molecule has 3 aliphatic heterocycles. The zero-order chi connectivity index (χ0) is 43.9. The van der Waals surface area contributed by atoms with Crippen LogP contribution >= 0.6 is 0 Å². The van der Waals surface area contributed by atoms with Gasteiger partial charge < -0.3 is 34.8 Å². The first kappa shape index (κ1) is 42.6. The highest BCUT2D eigenvalue weighted by Crippen LogP contribution is 2.53. The minimum absolute atomic E-state index is 0.0435. The Balaban J connectivity index is 1.13. The van der Waals surface area contributed by atoms with Gasteiger partial charge in [-0.3, -0.25) is 4.79 Å². The van der Waals surface area contributed by atoms with Crippen LogP contribution < -0.4 is 25.1 Å². The molecule has 5 heterocycles. The van der Waals surface area contributed by atoms with Gasteiger partial charge >= 0.3 is 6.01 Å². The van der Waals surface area contributed by atoms with Crippen LogP contribution in [0, 0.1) is 18.7 Å². The van der Waals surface area contributed by atoms with Crippen molar-refractivity contribution >= 4 is 28.8 Å². The average Bonchev–Trinajstić information content (AvgIpc) is 3.59. The monoisotopic (exact) mass is 858 g/mol. The molecule has 2 aromatic heterocycles. The number of anilines is 1. The summed E-state index contributed by atoms with van der Waals surface area (Å²) < 4.78 is 36.4. The summed E-state index contributed by atoms with van der Waals surface area (Å²) in [7, 11) is 3.39. The summed E-state index contributed by atoms with van der Waals surface area (Å²) in [5, 5.41) is 17.9. The number of nitrogens with one attached hydrogen (secondary N) is 2. The number of aromatic nitrogens is 5. The highest BCUT2D eigenvalue weighted by Gasteiger charge is 2.41. The smallest absolute Gasteiger partial charge is 0.319 e. The van der Waals surface area contributed by atoms with E-state index in [0.717, 1.165) is 90.8 Å². The van der Waals surface area contributed by atoms with E-state index in [1.807, 2.05) is 49.2 Å². The fraction of sp³-hybridized carbons (Fsp3) is 0.500. The maximum absolute atomic E-state index is 15.8. The SMILES string of the molecule is CN/N=C\c1ccc(F)c(C)c1-c1c(C2CC2)cc2c(N3CC4CC3CN4)nc(OC[C@H](C)OC)nc2c1OCc1ccc(-c2cn(C(C(=O)N3CCCC3C)C(C)C)nn2)cc1. The average molecular weight is 859 g/mol. The predicted octanol–water partition coefficient (Wildman–Crippen LogP) is 7.18. The Morgan fingerprint density at radius 2 is 1.89 bits per heavy atom. The first-order valence-electron chi connectivity index (χ1n) is 22.5. The van der Waals surface area contributed by atoms with Gasteiger partial charge in [-0.1, -0.05) is 43.3 Å². The number of hydrogen-bond acceptors (Lipinski definition) is 12. The number of hydrogen-bond donors (Lipinski definition) is 2. The molecule has 0 spiro atoms. The highest BCUT2D eigenvalue weighted by atomic mass is 19.1. The lowest BCUT2D eigenvalue weighted by Gasteiger charge is -2.30. The zero-order valence-corrected chi connectivity index (χ0v) is 37.4. The number of benzene rings is 3. The quantitative estimate of drug-likeness (QED) is 0.0769. The summed E-state index contributed by atoms with van der Waals surface area (Å²) in [4.78, 5) is 28.3. The van der Waals surface area contributed by atoms with Crippen molar-refractivity contribution in [1.29, 1.82) is 0 Å². The van der Waals surface area contributed by atoms with E-state index < -0.39 is 6.04 Å². The second kappa shape index (κ2) is 17.8. The fourth-order valence-corrected chi connectivity index (χ4v) is 9.59. The Bertz CT molecular complexity index is 2510. The number of hydrazone groups is 1. The summed E-state index contributed by atoms with van der Waals surface area (Å²) >= 11 is 0. The highest BCUT2D eigenvalue weighted by molar-refractivity contribution is 6.04. The number of ether oxygens (including phenoxy) is 3. The number of methoxy groups -OCH3 is 1. The van der Waals surface area contributed by atoms with E-state index in [1.54, 1.807) is 31.1 Å². The van der Waals surface area contributed by atoms with E-state index in [0.29, 0.717) is 34.1 Å². The van der Waals surface area contributed by atoms with E-state index in [9.17, 15) is 4.79 Å². The second-order valence-corrected chi connectivity index (χ2v) is 18.1. The van der Waals surface area contributed by atoms with Crippen molar-refractivity contribution in [3.8, 4) is 34.1 Å². The molecule has 2 N–H and O–H groups in total. The number of carbonyl (C=O) groups excluding carboxylic acids is 1. The first-order chi connectivity index (χ1) is 30.5. The molecule has 1 amide bonds. The minimum atomic E-state index is -0.433. The summed E-state index contributed by atoms with van der Waals surface area (Å²) in [5.41, 5.74) is 9.78. The van der Waals surface area contributed by atoms with Crippen molar-refractivity contribution in [1.82, 2.24) is 40.6 Å². The van der Waals surface area contributed by atoms with Gasteiger partial charge in [0, 0.05) is 79.6 Å². The normalized spacial score (nSPS) is 20.7. The first-order valence-corrected chi connectivity index (χ1v) is 22.5. The fourth-order valence-electron chi connectivity index (χ4n) is 9.59. The summed E-state index contributed by atoms with van der Waals surface area (Å²) in [6.45, 7) is 12.9. The Kier molecular flexibility index (Phi) is 12.1. The maximum atomic E-state index is 15.8. The number of likely N-dealkylation sites (tertiary alicyclic amines) is 1. The van der Waals surface area contributed by atoms with Crippen molar-refractivity contribution in [3.63, 3.8) is 0 Å². The van der Waals surface area contributed by atoms with Gasteiger partial charge in [0.2, 0.25) is 5.91 Å². The summed E-state index contributed by atoms with van der Waals surface area (Å²) in [5.74, 6) is 1.43. The lowest BCUT2D eigenvalue weighted by Crippen LogP contribution is -2.44. The third-order valence-electron chi connectivity index (χ3n) is 13.3. The van der Waals surface area contributed by atoms with Crippen LogP contribution in [0.25, 0.3) is 33.3 Å². The van der Waals surface area contributed by atoms with Crippen molar-refractivity contribution in [2.24, 2.45) is 11.0 Å². The Morgan fingerprint density at radius 3 is 2.56 bits per heavy atom. The molecule has 1 saturated carbocycles. The molecule has 5 aromatic rings. The van der Waals surface area contributed by atoms with Crippen molar-refractivity contribution in [2.45, 2.75) is 110 Å². The number of nitrogens with zero attached hydrogens (tertiary/aromatic N) is 8. The molecule has 3 saturated heterocycles. The predicted molar refractivity (Wildman–Crippen MR) is 242 cm³/mol. The summed E-state index contributed by atoms with van der Waals surface area (Å²) in [6, 6.07) is 14.2. The number of rotatable bonds is 16. The van der Waals surface area contributed by atoms with Crippen LogP contribution in [-0.2, 0) is 16.1 Å². The van der Waals surface area contributed by atoms with Crippen LogP contribution in [0.2, 0.25) is 0 Å². The van der Waals surface area contributed by atoms with Crippen molar-refractivity contribution in [3.05, 3.63) is 76.7 Å². The van der Waals surface area contributed by atoms with Crippen LogP contribution in [0.15, 0.2) is 53.8 Å². The number of fused-ring (bicyclic) bond motifs is 3. The Hall–Kier alpha value is -5.67. The van der Waals surface area contributed by atoms with Crippen LogP contribution in [0.1, 0.15) is 94.0 Å². The molecule has 332 valence electrons. The van der Waals surface area contributed by atoms with Gasteiger partial charge in [-0.05, 0) is 99.6 Å². The molecule has 3 aromatic carbocycles. The second-order valence-electron chi connectivity index (χ2n) is 18.1. The van der Waals surface area contributed by atoms with Gasteiger partial charge in [0.1, 0.15) is 42.1 Å². The van der Waals surface area contributed by atoms with Gasteiger partial charge in [-0.2, -0.15) is 15.1 Å². The number of amides is 1. The third kappa shape index (κ3) is 8.44. The van der Waals surface area contributed by atoms with Gasteiger partial charge in [0.15, 0.2) is 5.75 Å². The largest absolute Gasteiger partial charge is 0.486 e.